The second-order valence-electron chi connectivity index (χ2n) is 9.89. The molecule has 7 nitrogen and oxygen atoms in total. The van der Waals surface area contributed by atoms with Crippen molar-refractivity contribution in [1.29, 1.82) is 0 Å². The molecule has 2 heterocycles. The Labute approximate surface area is 246 Å². The molecule has 0 aliphatic rings. The molecule has 2 aromatic heterocycles. The zero-order valence-corrected chi connectivity index (χ0v) is 24.0. The Kier molecular flexibility index (Phi) is 9.62. The highest BCUT2D eigenvalue weighted by molar-refractivity contribution is 5.79. The number of esters is 1. The van der Waals surface area contributed by atoms with Crippen molar-refractivity contribution in [3.63, 3.8) is 0 Å². The van der Waals surface area contributed by atoms with Gasteiger partial charge in [0.15, 0.2) is 0 Å². The van der Waals surface area contributed by atoms with Crippen LogP contribution in [0, 0.1) is 0 Å². The van der Waals surface area contributed by atoms with E-state index in [1.54, 1.807) is 13.1 Å². The molecule has 0 saturated heterocycles. The van der Waals surface area contributed by atoms with Gasteiger partial charge >= 0.3 is 5.97 Å². The summed E-state index contributed by atoms with van der Waals surface area (Å²) in [6.07, 6.45) is 3.38. The molecule has 0 aliphatic carbocycles. The van der Waals surface area contributed by atoms with E-state index in [1.807, 2.05) is 91.9 Å². The minimum Gasteiger partial charge on any atom is -0.489 e. The van der Waals surface area contributed by atoms with Gasteiger partial charge in [-0.05, 0) is 54.4 Å². The van der Waals surface area contributed by atoms with E-state index in [0.717, 1.165) is 46.0 Å². The summed E-state index contributed by atoms with van der Waals surface area (Å²) in [6.45, 7) is 4.61. The number of aryl methyl sites for hydroxylation is 1. The number of aromatic nitrogens is 2. The molecule has 42 heavy (non-hydrogen) atoms. The van der Waals surface area contributed by atoms with Crippen molar-refractivity contribution in [1.82, 2.24) is 9.97 Å². The second-order valence-corrected chi connectivity index (χ2v) is 9.89. The minimum atomic E-state index is -0.684. The van der Waals surface area contributed by atoms with Gasteiger partial charge in [-0.1, -0.05) is 67.6 Å². The van der Waals surface area contributed by atoms with Crippen LogP contribution >= 0.6 is 0 Å². The Hall–Kier alpha value is -4.91. The molecule has 0 aliphatic heterocycles. The van der Waals surface area contributed by atoms with E-state index in [2.05, 4.69) is 17.4 Å². The average Bonchev–Trinajstić information content (AvgIpc) is 3.49. The van der Waals surface area contributed by atoms with Gasteiger partial charge < -0.3 is 19.2 Å². The molecular formula is C35H35N3O4. The van der Waals surface area contributed by atoms with Crippen LogP contribution in [0.15, 0.2) is 108 Å². The third-order valence-electron chi connectivity index (χ3n) is 6.81. The van der Waals surface area contributed by atoms with Crippen molar-refractivity contribution in [3.8, 4) is 17.0 Å². The van der Waals surface area contributed by atoms with E-state index in [9.17, 15) is 4.79 Å². The number of ether oxygens (including phenoxy) is 2. The standard InChI is InChI=1S/C35H35N3O4/c1-3-28-19-20-30(42-28)22-32(35(39)40-4-2)38-34-31(21-25-11-7-5-8-12-25)37-33(23-36-34)27-15-17-29(18-16-27)41-24-26-13-9-6-10-14-26/h5-20,23,32H,3-4,21-22,24H2,1-2H3,(H,36,38). The molecule has 1 N–H and O–H groups in total. The molecule has 0 fully saturated rings. The monoisotopic (exact) mass is 561 g/mol. The molecule has 1 atom stereocenters. The van der Waals surface area contributed by atoms with Crippen LogP contribution in [0.5, 0.6) is 5.75 Å². The zero-order chi connectivity index (χ0) is 29.1. The first-order valence-electron chi connectivity index (χ1n) is 14.3. The molecule has 3 aromatic carbocycles. The molecule has 1 unspecified atom stereocenters. The number of rotatable bonds is 13. The van der Waals surface area contributed by atoms with Crippen molar-refractivity contribution in [2.75, 3.05) is 11.9 Å². The first kappa shape index (κ1) is 28.6. The number of hydrogen-bond donors (Lipinski definition) is 1. The van der Waals surface area contributed by atoms with E-state index < -0.39 is 6.04 Å². The van der Waals surface area contributed by atoms with Gasteiger partial charge in [-0.3, -0.25) is 0 Å². The molecule has 0 saturated carbocycles. The number of furan rings is 1. The summed E-state index contributed by atoms with van der Waals surface area (Å²) in [5.41, 5.74) is 4.57. The molecule has 5 aromatic rings. The third kappa shape index (κ3) is 7.63. The van der Waals surface area contributed by atoms with Crippen molar-refractivity contribution in [2.45, 2.75) is 45.8 Å². The highest BCUT2D eigenvalue weighted by Crippen LogP contribution is 2.25. The summed E-state index contributed by atoms with van der Waals surface area (Å²) in [4.78, 5) is 22.7. The van der Waals surface area contributed by atoms with Crippen molar-refractivity contribution in [2.24, 2.45) is 0 Å². The Morgan fingerprint density at radius 1 is 0.857 bits per heavy atom. The average molecular weight is 562 g/mol. The fourth-order valence-electron chi connectivity index (χ4n) is 4.59. The number of hydrogen-bond acceptors (Lipinski definition) is 7. The smallest absolute Gasteiger partial charge is 0.329 e. The topological polar surface area (TPSA) is 86.5 Å². The Balaban J connectivity index is 1.39. The number of nitrogens with zero attached hydrogens (tertiary/aromatic N) is 2. The Morgan fingerprint density at radius 2 is 1.55 bits per heavy atom. The van der Waals surface area contributed by atoms with Gasteiger partial charge in [-0.15, -0.1) is 0 Å². The van der Waals surface area contributed by atoms with Crippen LogP contribution in [-0.4, -0.2) is 28.6 Å². The van der Waals surface area contributed by atoms with Crippen molar-refractivity contribution >= 4 is 11.8 Å². The number of benzene rings is 3. The molecule has 214 valence electrons. The van der Waals surface area contributed by atoms with Crippen LogP contribution in [0.1, 0.15) is 42.2 Å². The fourth-order valence-corrected chi connectivity index (χ4v) is 4.59. The van der Waals surface area contributed by atoms with Gasteiger partial charge in [0.2, 0.25) is 0 Å². The highest BCUT2D eigenvalue weighted by atomic mass is 16.5. The molecule has 7 heteroatoms. The maximum absolute atomic E-state index is 13.0. The van der Waals surface area contributed by atoms with Gasteiger partial charge in [0.05, 0.1) is 24.2 Å². The summed E-state index contributed by atoms with van der Waals surface area (Å²) in [6, 6.07) is 31.1. The molecule has 0 spiro atoms. The predicted molar refractivity (Wildman–Crippen MR) is 163 cm³/mol. The van der Waals surface area contributed by atoms with Crippen molar-refractivity contribution in [3.05, 3.63) is 132 Å². The predicted octanol–water partition coefficient (Wildman–Crippen LogP) is 7.06. The molecule has 0 radical (unpaired) electrons. The number of anilines is 1. The van der Waals surface area contributed by atoms with Crippen LogP contribution in [0.2, 0.25) is 0 Å². The van der Waals surface area contributed by atoms with Crippen LogP contribution in [0.4, 0.5) is 5.82 Å². The molecule has 0 bridgehead atoms. The number of carbonyl (C=O) groups excluding carboxylic acids is 1. The van der Waals surface area contributed by atoms with E-state index in [0.29, 0.717) is 31.0 Å². The SMILES string of the molecule is CCOC(=O)C(Cc1ccc(CC)o1)Nc1ncc(-c2ccc(OCc3ccccc3)cc2)nc1Cc1ccccc1. The minimum absolute atomic E-state index is 0.280. The highest BCUT2D eigenvalue weighted by Gasteiger charge is 2.24. The van der Waals surface area contributed by atoms with Gasteiger partial charge in [0.25, 0.3) is 0 Å². The van der Waals surface area contributed by atoms with Gasteiger partial charge in [0.1, 0.15) is 35.7 Å². The summed E-state index contributed by atoms with van der Waals surface area (Å²) < 4.78 is 17.2. The zero-order valence-electron chi connectivity index (χ0n) is 24.0. The lowest BCUT2D eigenvalue weighted by molar-refractivity contribution is -0.144. The van der Waals surface area contributed by atoms with Crippen LogP contribution < -0.4 is 10.1 Å². The van der Waals surface area contributed by atoms with Crippen LogP contribution in [0.25, 0.3) is 11.3 Å². The molecule has 5 rings (SSSR count). The third-order valence-corrected chi connectivity index (χ3v) is 6.81. The van der Waals surface area contributed by atoms with E-state index in [-0.39, 0.29) is 12.6 Å². The Morgan fingerprint density at radius 3 is 2.21 bits per heavy atom. The number of nitrogens with one attached hydrogen (secondary N) is 1. The van der Waals surface area contributed by atoms with E-state index in [1.165, 1.54) is 0 Å². The van der Waals surface area contributed by atoms with E-state index in [4.69, 9.17) is 23.9 Å². The van der Waals surface area contributed by atoms with Crippen LogP contribution in [0.3, 0.4) is 0 Å². The van der Waals surface area contributed by atoms with Crippen molar-refractivity contribution < 1.29 is 18.7 Å². The first-order valence-corrected chi connectivity index (χ1v) is 14.3. The number of carbonyl (C=O) groups is 1. The summed E-state index contributed by atoms with van der Waals surface area (Å²) in [7, 11) is 0. The Bertz CT molecular complexity index is 1570. The summed E-state index contributed by atoms with van der Waals surface area (Å²) in [5.74, 6) is 2.53. The maximum Gasteiger partial charge on any atom is 0.329 e. The van der Waals surface area contributed by atoms with Gasteiger partial charge in [-0.25, -0.2) is 14.8 Å². The second kappa shape index (κ2) is 14.1. The maximum atomic E-state index is 13.0. The molecular weight excluding hydrogens is 526 g/mol. The van der Waals surface area contributed by atoms with Crippen LogP contribution in [-0.2, 0) is 35.4 Å². The lowest BCUT2D eigenvalue weighted by Crippen LogP contribution is -2.34. The first-order chi connectivity index (χ1) is 20.6. The van der Waals surface area contributed by atoms with Gasteiger partial charge in [-0.2, -0.15) is 0 Å². The lowest BCUT2D eigenvalue weighted by atomic mass is 10.1. The summed E-state index contributed by atoms with van der Waals surface area (Å²) >= 11 is 0. The van der Waals surface area contributed by atoms with E-state index >= 15 is 0 Å². The quantitative estimate of drug-likeness (QED) is 0.154. The molecule has 0 amide bonds. The summed E-state index contributed by atoms with van der Waals surface area (Å²) in [5, 5.41) is 3.32. The lowest BCUT2D eigenvalue weighted by Gasteiger charge is -2.19. The fraction of sp³-hybridized carbons (Fsp3) is 0.229. The van der Waals surface area contributed by atoms with Gasteiger partial charge in [0, 0.05) is 24.8 Å². The largest absolute Gasteiger partial charge is 0.489 e. The normalized spacial score (nSPS) is 11.6.